The molecule has 1 saturated heterocycles. The summed E-state index contributed by atoms with van der Waals surface area (Å²) in [5.74, 6) is 0.0942. The molecule has 0 spiro atoms. The zero-order chi connectivity index (χ0) is 41.7. The number of likely N-dealkylation sites (tertiary alicyclic amines) is 1. The van der Waals surface area contributed by atoms with Crippen LogP contribution >= 0.6 is 0 Å². The van der Waals surface area contributed by atoms with Crippen molar-refractivity contribution in [1.29, 1.82) is 0 Å². The lowest BCUT2D eigenvalue weighted by Crippen LogP contribution is -2.47. The normalized spacial score (nSPS) is 14.1. The summed E-state index contributed by atoms with van der Waals surface area (Å²) in [5.41, 5.74) is -0.241. The Balaban J connectivity index is 2.40. The van der Waals surface area contributed by atoms with Gasteiger partial charge in [-0.25, -0.2) is 0 Å². The molecule has 1 heterocycles. The number of unbranched alkanes of at least 4 members (excludes halogenated alkanes) is 22. The number of ether oxygens (including phenoxy) is 3. The van der Waals surface area contributed by atoms with E-state index in [1.54, 1.807) is 0 Å². The summed E-state index contributed by atoms with van der Waals surface area (Å²) in [4.78, 5) is 42.4. The van der Waals surface area contributed by atoms with Gasteiger partial charge in [0.1, 0.15) is 6.10 Å². The molecule has 0 aromatic carbocycles. The molecule has 8 heteroatoms. The molecule has 336 valence electrons. The van der Waals surface area contributed by atoms with Crippen LogP contribution in [-0.4, -0.2) is 87.3 Å². The summed E-state index contributed by atoms with van der Waals surface area (Å²) >= 11 is 0. The molecule has 0 N–H and O–H groups in total. The number of carbonyl (C=O) groups is 3. The Morgan fingerprint density at radius 1 is 0.544 bits per heavy atom. The molecule has 8 nitrogen and oxygen atoms in total. The van der Waals surface area contributed by atoms with Gasteiger partial charge >= 0.3 is 11.9 Å². The summed E-state index contributed by atoms with van der Waals surface area (Å²) in [7, 11) is 3.99. The molecule has 0 radical (unpaired) electrons. The topological polar surface area (TPSA) is 85.4 Å². The van der Waals surface area contributed by atoms with Crippen molar-refractivity contribution in [3.63, 3.8) is 0 Å². The minimum absolute atomic E-state index is 0.00934. The SMILES string of the molecule is CCCCCCCCCCCC(=O)OCC1(COCCCCCCCC(=O)OC(CCCCCCCC)CCCCCCCC)CCN(C(=O)CCN(C)C)CC1. The van der Waals surface area contributed by atoms with E-state index >= 15 is 0 Å². The maximum Gasteiger partial charge on any atom is 0.306 e. The van der Waals surface area contributed by atoms with Crippen LogP contribution in [0, 0.1) is 5.41 Å². The van der Waals surface area contributed by atoms with Gasteiger partial charge in [-0.15, -0.1) is 0 Å². The van der Waals surface area contributed by atoms with E-state index in [-0.39, 0.29) is 29.4 Å². The maximum absolute atomic E-state index is 12.8. The molecule has 1 rings (SSSR count). The molecule has 1 aliphatic heterocycles. The Bertz CT molecular complexity index is 934. The van der Waals surface area contributed by atoms with Gasteiger partial charge in [-0.2, -0.15) is 0 Å². The highest BCUT2D eigenvalue weighted by atomic mass is 16.5. The van der Waals surface area contributed by atoms with Gasteiger partial charge in [-0.3, -0.25) is 14.4 Å². The second kappa shape index (κ2) is 37.3. The summed E-state index contributed by atoms with van der Waals surface area (Å²) in [6.45, 7) is 10.5. The zero-order valence-corrected chi connectivity index (χ0v) is 38.5. The first-order chi connectivity index (χ1) is 27.7. The first-order valence-corrected chi connectivity index (χ1v) is 24.6. The van der Waals surface area contributed by atoms with Gasteiger partial charge in [-0.05, 0) is 71.9 Å². The number of nitrogens with zero attached hydrogens (tertiary/aromatic N) is 2. The Kier molecular flexibility index (Phi) is 34.9. The molecule has 0 atom stereocenters. The Morgan fingerprint density at radius 2 is 0.982 bits per heavy atom. The van der Waals surface area contributed by atoms with Crippen molar-refractivity contribution in [1.82, 2.24) is 9.80 Å². The van der Waals surface area contributed by atoms with Crippen molar-refractivity contribution in [2.75, 3.05) is 53.6 Å². The van der Waals surface area contributed by atoms with Crippen LogP contribution in [0.5, 0.6) is 0 Å². The van der Waals surface area contributed by atoms with E-state index in [0.29, 0.717) is 52.2 Å². The highest BCUT2D eigenvalue weighted by Crippen LogP contribution is 2.33. The van der Waals surface area contributed by atoms with E-state index in [9.17, 15) is 14.4 Å². The van der Waals surface area contributed by atoms with E-state index in [1.807, 2.05) is 23.9 Å². The monoisotopic (exact) mass is 807 g/mol. The second-order valence-corrected chi connectivity index (χ2v) is 18.0. The lowest BCUT2D eigenvalue weighted by molar-refractivity contribution is -0.153. The fraction of sp³-hybridized carbons (Fsp3) is 0.939. The predicted molar refractivity (Wildman–Crippen MR) is 239 cm³/mol. The van der Waals surface area contributed by atoms with Crippen LogP contribution in [0.1, 0.15) is 233 Å². The maximum atomic E-state index is 12.8. The average Bonchev–Trinajstić information content (AvgIpc) is 3.20. The molecule has 0 aromatic rings. The van der Waals surface area contributed by atoms with Crippen LogP contribution in [0.2, 0.25) is 0 Å². The number of amides is 1. The van der Waals surface area contributed by atoms with Gasteiger partial charge in [0.15, 0.2) is 0 Å². The van der Waals surface area contributed by atoms with Crippen molar-refractivity contribution >= 4 is 17.8 Å². The lowest BCUT2D eigenvalue weighted by atomic mass is 9.79. The molecule has 57 heavy (non-hydrogen) atoms. The Labute approximate surface area is 353 Å². The first kappa shape index (κ1) is 53.3. The second-order valence-electron chi connectivity index (χ2n) is 18.0. The molecule has 0 aromatic heterocycles. The minimum atomic E-state index is -0.241. The van der Waals surface area contributed by atoms with Crippen molar-refractivity contribution in [3.8, 4) is 0 Å². The van der Waals surface area contributed by atoms with Crippen molar-refractivity contribution < 1.29 is 28.6 Å². The van der Waals surface area contributed by atoms with Gasteiger partial charge in [0, 0.05) is 50.9 Å². The van der Waals surface area contributed by atoms with E-state index in [2.05, 4.69) is 20.8 Å². The van der Waals surface area contributed by atoms with Gasteiger partial charge in [-0.1, -0.05) is 156 Å². The number of carbonyl (C=O) groups excluding carboxylic acids is 3. The van der Waals surface area contributed by atoms with E-state index in [0.717, 1.165) is 77.2 Å². The van der Waals surface area contributed by atoms with Crippen molar-refractivity contribution in [3.05, 3.63) is 0 Å². The number of esters is 2. The molecular formula is C49H94N2O6. The third kappa shape index (κ3) is 31.0. The largest absolute Gasteiger partial charge is 0.465 e. The quantitative estimate of drug-likeness (QED) is 0.0450. The number of hydrogen-bond acceptors (Lipinski definition) is 7. The molecule has 0 bridgehead atoms. The fourth-order valence-corrected chi connectivity index (χ4v) is 8.03. The zero-order valence-electron chi connectivity index (χ0n) is 38.5. The summed E-state index contributed by atoms with van der Waals surface area (Å²) in [5, 5.41) is 0. The Morgan fingerprint density at radius 3 is 1.47 bits per heavy atom. The highest BCUT2D eigenvalue weighted by molar-refractivity contribution is 5.76. The number of piperidine rings is 1. The standard InChI is InChI=1S/C49H94N2O6/c1-6-9-12-15-18-19-20-24-29-34-47(53)56-44-49(37-40-51(41-38-49)46(52)36-39-50(4)5)43-55-42-31-26-21-25-30-35-48(54)57-45(32-27-22-16-13-10-7-2)33-28-23-17-14-11-8-3/h45H,6-44H2,1-5H3. The van der Waals surface area contributed by atoms with E-state index in [4.69, 9.17) is 14.2 Å². The van der Waals surface area contributed by atoms with Gasteiger partial charge < -0.3 is 24.0 Å². The Hall–Kier alpha value is -1.67. The molecule has 1 amide bonds. The first-order valence-electron chi connectivity index (χ1n) is 24.6. The predicted octanol–water partition coefficient (Wildman–Crippen LogP) is 12.8. The van der Waals surface area contributed by atoms with Crippen molar-refractivity contribution in [2.45, 2.75) is 239 Å². The molecule has 1 aliphatic rings. The smallest absolute Gasteiger partial charge is 0.306 e. The molecule has 1 fully saturated rings. The van der Waals surface area contributed by atoms with Crippen LogP contribution in [0.3, 0.4) is 0 Å². The highest BCUT2D eigenvalue weighted by Gasteiger charge is 2.37. The van der Waals surface area contributed by atoms with Crippen LogP contribution in [0.15, 0.2) is 0 Å². The summed E-state index contributed by atoms with van der Waals surface area (Å²) < 4.78 is 18.2. The van der Waals surface area contributed by atoms with Crippen LogP contribution in [-0.2, 0) is 28.6 Å². The van der Waals surface area contributed by atoms with Crippen LogP contribution in [0.4, 0.5) is 0 Å². The lowest BCUT2D eigenvalue weighted by Gasteiger charge is -2.41. The third-order valence-electron chi connectivity index (χ3n) is 12.1. The minimum Gasteiger partial charge on any atom is -0.465 e. The molecule has 0 unspecified atom stereocenters. The van der Waals surface area contributed by atoms with E-state index in [1.165, 1.54) is 122 Å². The van der Waals surface area contributed by atoms with Gasteiger partial charge in [0.2, 0.25) is 5.91 Å². The van der Waals surface area contributed by atoms with Gasteiger partial charge in [0.25, 0.3) is 0 Å². The molecule has 0 aliphatic carbocycles. The number of hydrogen-bond donors (Lipinski definition) is 0. The third-order valence-corrected chi connectivity index (χ3v) is 12.1. The van der Waals surface area contributed by atoms with Crippen molar-refractivity contribution in [2.24, 2.45) is 5.41 Å². The molecule has 0 saturated carbocycles. The summed E-state index contributed by atoms with van der Waals surface area (Å²) in [6.07, 6.45) is 36.6. The van der Waals surface area contributed by atoms with Crippen LogP contribution in [0.25, 0.3) is 0 Å². The van der Waals surface area contributed by atoms with Gasteiger partial charge in [0.05, 0.1) is 13.2 Å². The molecular weight excluding hydrogens is 713 g/mol. The fourth-order valence-electron chi connectivity index (χ4n) is 8.03. The number of rotatable bonds is 40. The summed E-state index contributed by atoms with van der Waals surface area (Å²) in [6, 6.07) is 0. The van der Waals surface area contributed by atoms with E-state index < -0.39 is 0 Å². The average molecular weight is 807 g/mol. The van der Waals surface area contributed by atoms with Crippen LogP contribution < -0.4 is 0 Å².